The van der Waals surface area contributed by atoms with Gasteiger partial charge in [0.1, 0.15) is 17.8 Å². The van der Waals surface area contributed by atoms with E-state index in [1.165, 1.54) is 24.3 Å². The van der Waals surface area contributed by atoms with Crippen molar-refractivity contribution in [3.8, 4) is 5.75 Å². The van der Waals surface area contributed by atoms with Gasteiger partial charge in [-0.25, -0.2) is 4.98 Å². The summed E-state index contributed by atoms with van der Waals surface area (Å²) in [6, 6.07) is 8.77. The lowest BCUT2D eigenvalue weighted by molar-refractivity contribution is -0.385. The predicted molar refractivity (Wildman–Crippen MR) is 80.9 cm³/mol. The molecule has 0 saturated carbocycles. The van der Waals surface area contributed by atoms with Gasteiger partial charge < -0.3 is 10.1 Å². The number of nitro groups is 1. The molecular weight excluding hydrogens is 327 g/mol. The minimum absolute atomic E-state index is 0.112. The second-order valence-electron chi connectivity index (χ2n) is 5.00. The molecule has 9 heteroatoms. The molecule has 0 fully saturated rings. The van der Waals surface area contributed by atoms with Crippen LogP contribution in [0.4, 0.5) is 24.7 Å². The number of nitrogens with one attached hydrogen (secondary N) is 1. The lowest BCUT2D eigenvalue weighted by Gasteiger charge is -2.15. The summed E-state index contributed by atoms with van der Waals surface area (Å²) >= 11 is 0. The Balaban J connectivity index is 1.97. The average Bonchev–Trinajstić information content (AvgIpc) is 2.53. The summed E-state index contributed by atoms with van der Waals surface area (Å²) < 4.78 is 40.9. The third-order valence-corrected chi connectivity index (χ3v) is 3.11. The number of alkyl halides is 3. The number of benzene rings is 1. The number of nitrogens with zero attached hydrogens (tertiary/aromatic N) is 2. The molecule has 6 nitrogen and oxygen atoms in total. The summed E-state index contributed by atoms with van der Waals surface area (Å²) in [6.07, 6.45) is -3.24. The van der Waals surface area contributed by atoms with Crippen LogP contribution in [0.3, 0.4) is 0 Å². The molecule has 2 rings (SSSR count). The van der Waals surface area contributed by atoms with Gasteiger partial charge in [0.25, 0.3) is 5.69 Å². The summed E-state index contributed by atoms with van der Waals surface area (Å²) in [5.41, 5.74) is 0.689. The largest absolute Gasteiger partial charge is 0.484 e. The molecule has 1 aromatic heterocycles. The third-order valence-electron chi connectivity index (χ3n) is 3.11. The zero-order chi connectivity index (χ0) is 17.7. The molecule has 0 aliphatic carbocycles. The van der Waals surface area contributed by atoms with E-state index in [4.69, 9.17) is 0 Å². The summed E-state index contributed by atoms with van der Waals surface area (Å²) in [7, 11) is 0. The Hall–Kier alpha value is -2.84. The second kappa shape index (κ2) is 7.16. The van der Waals surface area contributed by atoms with Crippen molar-refractivity contribution in [1.82, 2.24) is 4.98 Å². The Kier molecular flexibility index (Phi) is 5.22. The molecule has 0 aliphatic rings. The van der Waals surface area contributed by atoms with Crippen molar-refractivity contribution in [1.29, 1.82) is 0 Å². The van der Waals surface area contributed by atoms with Crippen molar-refractivity contribution in [3.63, 3.8) is 0 Å². The number of hydrogen-bond acceptors (Lipinski definition) is 5. The molecule has 0 spiro atoms. The highest BCUT2D eigenvalue weighted by Crippen LogP contribution is 2.23. The standard InChI is InChI=1S/C15H14F3N3O3/c1-10(20-14-7-4-12(8-19-14)21(22)23)11-2-5-13(6-3-11)24-9-15(16,17)18/h2-8,10H,9H2,1H3,(H,19,20). The van der Waals surface area contributed by atoms with Gasteiger partial charge in [0, 0.05) is 12.1 Å². The molecular formula is C15H14F3N3O3. The second-order valence-corrected chi connectivity index (χ2v) is 5.00. The molecule has 2 aromatic rings. The molecule has 1 unspecified atom stereocenters. The highest BCUT2D eigenvalue weighted by molar-refractivity contribution is 5.42. The normalized spacial score (nSPS) is 12.5. The number of rotatable bonds is 6. The van der Waals surface area contributed by atoms with Gasteiger partial charge in [0.05, 0.1) is 4.92 Å². The van der Waals surface area contributed by atoms with Crippen LogP contribution >= 0.6 is 0 Å². The van der Waals surface area contributed by atoms with E-state index in [1.54, 1.807) is 12.1 Å². The molecule has 1 heterocycles. The van der Waals surface area contributed by atoms with E-state index in [2.05, 4.69) is 15.0 Å². The van der Waals surface area contributed by atoms with Crippen LogP contribution in [-0.2, 0) is 0 Å². The molecule has 0 radical (unpaired) electrons. The van der Waals surface area contributed by atoms with Crippen molar-refractivity contribution in [2.75, 3.05) is 11.9 Å². The number of ether oxygens (including phenoxy) is 1. The fourth-order valence-corrected chi connectivity index (χ4v) is 1.90. The first-order chi connectivity index (χ1) is 11.2. The molecule has 0 bridgehead atoms. The smallest absolute Gasteiger partial charge is 0.422 e. The summed E-state index contributed by atoms with van der Waals surface area (Å²) in [5, 5.41) is 13.6. The summed E-state index contributed by atoms with van der Waals surface area (Å²) in [6.45, 7) is 0.488. The lowest BCUT2D eigenvalue weighted by Crippen LogP contribution is -2.19. The minimum atomic E-state index is -4.38. The van der Waals surface area contributed by atoms with Crippen molar-refractivity contribution in [3.05, 3.63) is 58.3 Å². The van der Waals surface area contributed by atoms with Crippen LogP contribution in [0.5, 0.6) is 5.75 Å². The van der Waals surface area contributed by atoms with Gasteiger partial charge in [0.15, 0.2) is 6.61 Å². The lowest BCUT2D eigenvalue weighted by atomic mass is 10.1. The molecule has 0 aliphatic heterocycles. The van der Waals surface area contributed by atoms with E-state index in [0.717, 1.165) is 11.8 Å². The number of halogens is 3. The highest BCUT2D eigenvalue weighted by Gasteiger charge is 2.28. The highest BCUT2D eigenvalue weighted by atomic mass is 19.4. The van der Waals surface area contributed by atoms with Gasteiger partial charge in [-0.1, -0.05) is 12.1 Å². The van der Waals surface area contributed by atoms with Crippen LogP contribution < -0.4 is 10.1 Å². The maximum atomic E-state index is 12.1. The van der Waals surface area contributed by atoms with E-state index < -0.39 is 17.7 Å². The van der Waals surface area contributed by atoms with Crippen LogP contribution in [0.15, 0.2) is 42.6 Å². The van der Waals surface area contributed by atoms with Crippen molar-refractivity contribution in [2.45, 2.75) is 19.1 Å². The maximum absolute atomic E-state index is 12.1. The number of aromatic nitrogens is 1. The average molecular weight is 341 g/mol. The van der Waals surface area contributed by atoms with E-state index in [1.807, 2.05) is 6.92 Å². The molecule has 0 amide bonds. The molecule has 128 valence electrons. The van der Waals surface area contributed by atoms with E-state index >= 15 is 0 Å². The van der Waals surface area contributed by atoms with Gasteiger partial charge in [-0.3, -0.25) is 10.1 Å². The first-order valence-electron chi connectivity index (χ1n) is 6.91. The van der Waals surface area contributed by atoms with E-state index in [0.29, 0.717) is 5.82 Å². The Morgan fingerprint density at radius 3 is 2.42 bits per heavy atom. The van der Waals surface area contributed by atoms with Crippen LogP contribution in [0.25, 0.3) is 0 Å². The molecule has 1 aromatic carbocycles. The summed E-state index contributed by atoms with van der Waals surface area (Å²) in [5.74, 6) is 0.572. The third kappa shape index (κ3) is 5.11. The molecule has 1 atom stereocenters. The monoisotopic (exact) mass is 341 g/mol. The fourth-order valence-electron chi connectivity index (χ4n) is 1.90. The summed E-state index contributed by atoms with van der Waals surface area (Å²) in [4.78, 5) is 14.0. The predicted octanol–water partition coefficient (Wildman–Crippen LogP) is 4.10. The van der Waals surface area contributed by atoms with E-state index in [9.17, 15) is 23.3 Å². The van der Waals surface area contributed by atoms with Crippen LogP contribution in [0.1, 0.15) is 18.5 Å². The zero-order valence-electron chi connectivity index (χ0n) is 12.6. The van der Waals surface area contributed by atoms with Crippen LogP contribution in [0, 0.1) is 10.1 Å². The van der Waals surface area contributed by atoms with Crippen molar-refractivity contribution in [2.24, 2.45) is 0 Å². The first-order valence-corrected chi connectivity index (χ1v) is 6.91. The van der Waals surface area contributed by atoms with Crippen LogP contribution in [-0.4, -0.2) is 22.7 Å². The molecule has 0 saturated heterocycles. The van der Waals surface area contributed by atoms with Gasteiger partial charge in [-0.05, 0) is 30.7 Å². The zero-order valence-corrected chi connectivity index (χ0v) is 12.6. The minimum Gasteiger partial charge on any atom is -0.484 e. The fraction of sp³-hybridized carbons (Fsp3) is 0.267. The van der Waals surface area contributed by atoms with Crippen molar-refractivity contribution >= 4 is 11.5 Å². The topological polar surface area (TPSA) is 77.3 Å². The SMILES string of the molecule is CC(Nc1ccc([N+](=O)[O-])cn1)c1ccc(OCC(F)(F)F)cc1. The quantitative estimate of drug-likeness (QED) is 0.632. The van der Waals surface area contributed by atoms with Gasteiger partial charge in [-0.15, -0.1) is 0 Å². The maximum Gasteiger partial charge on any atom is 0.422 e. The van der Waals surface area contributed by atoms with E-state index in [-0.39, 0.29) is 17.5 Å². The Labute approximate surface area is 135 Å². The van der Waals surface area contributed by atoms with Gasteiger partial charge in [0.2, 0.25) is 0 Å². The van der Waals surface area contributed by atoms with Crippen molar-refractivity contribution < 1.29 is 22.8 Å². The number of hydrogen-bond donors (Lipinski definition) is 1. The molecule has 1 N–H and O–H groups in total. The Bertz CT molecular complexity index is 688. The Morgan fingerprint density at radius 2 is 1.92 bits per heavy atom. The molecule has 24 heavy (non-hydrogen) atoms. The van der Waals surface area contributed by atoms with Gasteiger partial charge >= 0.3 is 6.18 Å². The first kappa shape index (κ1) is 17.5. The number of pyridine rings is 1. The number of anilines is 1. The van der Waals surface area contributed by atoms with Gasteiger partial charge in [-0.2, -0.15) is 13.2 Å². The van der Waals surface area contributed by atoms with Crippen LogP contribution in [0.2, 0.25) is 0 Å². The Morgan fingerprint density at radius 1 is 1.25 bits per heavy atom.